The second-order valence-electron chi connectivity index (χ2n) is 5.69. The van der Waals surface area contributed by atoms with Crippen LogP contribution in [0.4, 0.5) is 9.59 Å². The molecule has 1 aromatic carbocycles. The summed E-state index contributed by atoms with van der Waals surface area (Å²) in [5, 5.41) is 2.88. The fourth-order valence-corrected chi connectivity index (χ4v) is 2.43. The van der Waals surface area contributed by atoms with Crippen molar-refractivity contribution in [3.05, 3.63) is 29.8 Å². The van der Waals surface area contributed by atoms with Crippen molar-refractivity contribution in [2.45, 2.75) is 13.3 Å². The van der Waals surface area contributed by atoms with Gasteiger partial charge in [-0.2, -0.15) is 0 Å². The second-order valence-corrected chi connectivity index (χ2v) is 5.69. The molecule has 1 aromatic rings. The highest BCUT2D eigenvalue weighted by molar-refractivity contribution is 5.74. The average Bonchev–Trinajstić information content (AvgIpc) is 2.62. The highest BCUT2D eigenvalue weighted by Crippen LogP contribution is 2.11. The van der Waals surface area contributed by atoms with Crippen molar-refractivity contribution < 1.29 is 19.1 Å². The minimum atomic E-state index is -0.344. The number of nitrogens with one attached hydrogen (secondary N) is 1. The van der Waals surface area contributed by atoms with Gasteiger partial charge in [0.1, 0.15) is 5.75 Å². The molecule has 0 atom stereocenters. The molecule has 0 saturated carbocycles. The van der Waals surface area contributed by atoms with Gasteiger partial charge in [0.25, 0.3) is 0 Å². The molecule has 3 amide bonds. The molecule has 0 aliphatic carbocycles. The van der Waals surface area contributed by atoms with Gasteiger partial charge in [-0.3, -0.25) is 0 Å². The molecule has 0 aromatic heterocycles. The molecule has 1 aliphatic heterocycles. The Balaban J connectivity index is 1.58. The lowest BCUT2D eigenvalue weighted by atomic mass is 10.2. The van der Waals surface area contributed by atoms with Crippen LogP contribution in [-0.2, 0) is 4.74 Å². The smallest absolute Gasteiger partial charge is 0.409 e. The monoisotopic (exact) mass is 335 g/mol. The van der Waals surface area contributed by atoms with Crippen molar-refractivity contribution in [3.8, 4) is 5.75 Å². The van der Waals surface area contributed by atoms with Gasteiger partial charge < -0.3 is 24.6 Å². The van der Waals surface area contributed by atoms with Gasteiger partial charge in [0, 0.05) is 32.7 Å². The first-order valence-electron chi connectivity index (χ1n) is 8.15. The first-order chi connectivity index (χ1) is 11.6. The third-order valence-electron chi connectivity index (χ3n) is 3.89. The van der Waals surface area contributed by atoms with Gasteiger partial charge in [-0.1, -0.05) is 17.7 Å². The summed E-state index contributed by atoms with van der Waals surface area (Å²) in [6.45, 7) is 5.17. The Hall–Kier alpha value is -2.44. The minimum Gasteiger partial charge on any atom is -0.494 e. The molecule has 1 heterocycles. The number of hydrogen-bond acceptors (Lipinski definition) is 4. The van der Waals surface area contributed by atoms with Crippen molar-refractivity contribution in [2.24, 2.45) is 0 Å². The summed E-state index contributed by atoms with van der Waals surface area (Å²) in [7, 11) is 1.36. The maximum absolute atomic E-state index is 12.1. The summed E-state index contributed by atoms with van der Waals surface area (Å²) in [5.74, 6) is 0.839. The van der Waals surface area contributed by atoms with E-state index in [0.29, 0.717) is 39.3 Å². The van der Waals surface area contributed by atoms with E-state index in [1.165, 1.54) is 12.7 Å². The molecule has 24 heavy (non-hydrogen) atoms. The molecule has 7 nitrogen and oxygen atoms in total. The lowest BCUT2D eigenvalue weighted by Crippen LogP contribution is -2.53. The number of hydrogen-bond donors (Lipinski definition) is 1. The number of aryl methyl sites for hydroxylation is 1. The summed E-state index contributed by atoms with van der Waals surface area (Å²) < 4.78 is 10.3. The Morgan fingerprint density at radius 1 is 1.08 bits per heavy atom. The highest BCUT2D eigenvalue weighted by atomic mass is 16.5. The van der Waals surface area contributed by atoms with Gasteiger partial charge >= 0.3 is 12.1 Å². The maximum atomic E-state index is 12.1. The van der Waals surface area contributed by atoms with Crippen LogP contribution in [0.3, 0.4) is 0 Å². The number of urea groups is 1. The fraction of sp³-hybridized carbons (Fsp3) is 0.529. The normalized spacial score (nSPS) is 14.2. The van der Waals surface area contributed by atoms with E-state index in [9.17, 15) is 9.59 Å². The third-order valence-corrected chi connectivity index (χ3v) is 3.89. The van der Waals surface area contributed by atoms with Crippen LogP contribution in [-0.4, -0.2) is 68.4 Å². The molecule has 1 N–H and O–H groups in total. The van der Waals surface area contributed by atoms with E-state index in [1.807, 2.05) is 31.2 Å². The summed E-state index contributed by atoms with van der Waals surface area (Å²) in [6, 6.07) is 7.79. The molecule has 1 fully saturated rings. The van der Waals surface area contributed by atoms with Gasteiger partial charge in [-0.15, -0.1) is 0 Å². The number of methoxy groups -OCH3 is 1. The Bertz CT molecular complexity index is 539. The van der Waals surface area contributed by atoms with Crippen molar-refractivity contribution >= 4 is 12.1 Å². The predicted octanol–water partition coefficient (Wildman–Crippen LogP) is 1.86. The minimum absolute atomic E-state index is 0.102. The maximum Gasteiger partial charge on any atom is 0.409 e. The van der Waals surface area contributed by atoms with Crippen LogP contribution >= 0.6 is 0 Å². The molecule has 0 spiro atoms. The van der Waals surface area contributed by atoms with Crippen molar-refractivity contribution in [2.75, 3.05) is 46.4 Å². The first-order valence-corrected chi connectivity index (χ1v) is 8.15. The third kappa shape index (κ3) is 5.33. The summed E-state index contributed by atoms with van der Waals surface area (Å²) in [5.41, 5.74) is 1.20. The van der Waals surface area contributed by atoms with Gasteiger partial charge in [0.2, 0.25) is 0 Å². The van der Waals surface area contributed by atoms with Crippen molar-refractivity contribution in [1.82, 2.24) is 15.1 Å². The zero-order valence-corrected chi connectivity index (χ0v) is 14.3. The number of ether oxygens (including phenoxy) is 2. The fourth-order valence-electron chi connectivity index (χ4n) is 2.43. The molecule has 7 heteroatoms. The van der Waals surface area contributed by atoms with Gasteiger partial charge in [-0.05, 0) is 25.5 Å². The summed E-state index contributed by atoms with van der Waals surface area (Å²) >= 11 is 0. The van der Waals surface area contributed by atoms with Crippen LogP contribution in [0.5, 0.6) is 5.75 Å². The summed E-state index contributed by atoms with van der Waals surface area (Å²) in [4.78, 5) is 26.8. The molecule has 1 aliphatic rings. The Kier molecular flexibility index (Phi) is 6.72. The zero-order chi connectivity index (χ0) is 17.4. The van der Waals surface area contributed by atoms with E-state index in [4.69, 9.17) is 4.74 Å². The summed E-state index contributed by atoms with van der Waals surface area (Å²) in [6.07, 6.45) is 0.394. The van der Waals surface area contributed by atoms with E-state index < -0.39 is 0 Å². The Labute approximate surface area is 142 Å². The molecular formula is C17H25N3O4. The predicted molar refractivity (Wildman–Crippen MR) is 90.2 cm³/mol. The van der Waals surface area contributed by atoms with Crippen LogP contribution in [0.25, 0.3) is 0 Å². The number of nitrogens with zero attached hydrogens (tertiary/aromatic N) is 2. The molecular weight excluding hydrogens is 310 g/mol. The zero-order valence-electron chi connectivity index (χ0n) is 14.3. The van der Waals surface area contributed by atoms with E-state index in [2.05, 4.69) is 10.1 Å². The van der Waals surface area contributed by atoms with Crippen molar-refractivity contribution in [3.63, 3.8) is 0 Å². The van der Waals surface area contributed by atoms with E-state index >= 15 is 0 Å². The van der Waals surface area contributed by atoms with Gasteiger partial charge in [0.05, 0.1) is 13.7 Å². The SMILES string of the molecule is COC(=O)N1CCN(C(=O)NCCCOc2ccc(C)cc2)CC1. The number of carbonyl (C=O) groups is 2. The van der Waals surface area contributed by atoms with E-state index in [1.54, 1.807) is 9.80 Å². The van der Waals surface area contributed by atoms with Crippen LogP contribution in [0.2, 0.25) is 0 Å². The standard InChI is InChI=1S/C17H25N3O4/c1-14-4-6-15(7-5-14)24-13-3-8-18-16(21)19-9-11-20(12-10-19)17(22)23-2/h4-7H,3,8-13H2,1-2H3,(H,18,21). The topological polar surface area (TPSA) is 71.1 Å². The average molecular weight is 335 g/mol. The molecule has 1 saturated heterocycles. The second kappa shape index (κ2) is 9.00. The van der Waals surface area contributed by atoms with Gasteiger partial charge in [0.15, 0.2) is 0 Å². The molecule has 132 valence electrons. The highest BCUT2D eigenvalue weighted by Gasteiger charge is 2.24. The molecule has 0 bridgehead atoms. The molecule has 0 unspecified atom stereocenters. The first kappa shape index (κ1) is 17.9. The number of benzene rings is 1. The molecule has 0 radical (unpaired) electrons. The van der Waals surface area contributed by atoms with Crippen LogP contribution in [0.15, 0.2) is 24.3 Å². The number of amides is 3. The number of piperazine rings is 1. The lowest BCUT2D eigenvalue weighted by Gasteiger charge is -2.33. The van der Waals surface area contributed by atoms with Crippen LogP contribution in [0, 0.1) is 6.92 Å². The number of carbonyl (C=O) groups excluding carboxylic acids is 2. The quantitative estimate of drug-likeness (QED) is 0.834. The number of rotatable bonds is 5. The van der Waals surface area contributed by atoms with Crippen LogP contribution < -0.4 is 10.1 Å². The Morgan fingerprint density at radius 2 is 1.71 bits per heavy atom. The van der Waals surface area contributed by atoms with E-state index in [-0.39, 0.29) is 12.1 Å². The van der Waals surface area contributed by atoms with Gasteiger partial charge in [-0.25, -0.2) is 9.59 Å². The largest absolute Gasteiger partial charge is 0.494 e. The lowest BCUT2D eigenvalue weighted by molar-refractivity contribution is 0.0970. The Morgan fingerprint density at radius 3 is 2.33 bits per heavy atom. The molecule has 2 rings (SSSR count). The van der Waals surface area contributed by atoms with Crippen LogP contribution in [0.1, 0.15) is 12.0 Å². The van der Waals surface area contributed by atoms with E-state index in [0.717, 1.165) is 12.2 Å². The van der Waals surface area contributed by atoms with Crippen molar-refractivity contribution in [1.29, 1.82) is 0 Å².